The summed E-state index contributed by atoms with van der Waals surface area (Å²) in [5, 5.41) is 0. The molecule has 0 spiro atoms. The first kappa shape index (κ1) is 13.6. The molecule has 88 valence electrons. The van der Waals surface area contributed by atoms with Gasteiger partial charge < -0.3 is 0 Å². The molecular weight excluding hydrogens is 317 g/mol. The topological polar surface area (TPSA) is 29.5 Å². The Morgan fingerprint density at radius 2 is 2.00 bits per heavy atom. The van der Waals surface area contributed by atoms with Gasteiger partial charge in [-0.3, -0.25) is 9.63 Å². The number of nitrogens with zero attached hydrogens (tertiary/aromatic N) is 1. The molecule has 0 N–H and O–H groups in total. The van der Waals surface area contributed by atoms with Crippen LogP contribution >= 0.6 is 22.9 Å². The number of Topliss-reactive ketones (excluding diaryl/α,β-unsaturated/α-hetero) is 1. The van der Waals surface area contributed by atoms with Crippen molar-refractivity contribution in [3.63, 3.8) is 0 Å². The van der Waals surface area contributed by atoms with Gasteiger partial charge >= 0.3 is 0 Å². The quantitative estimate of drug-likeness (QED) is 0.346. The second kappa shape index (κ2) is 6.98. The minimum Gasteiger partial charge on any atom is -0.295 e. The Balaban J connectivity index is 2.51. The summed E-state index contributed by atoms with van der Waals surface area (Å²) >= 11 is 2.13. The zero-order chi connectivity index (χ0) is 12.0. The molecule has 0 fully saturated rings. The Morgan fingerprint density at radius 3 is 2.50 bits per heavy atom. The van der Waals surface area contributed by atoms with Crippen LogP contribution in [0.25, 0.3) is 0 Å². The van der Waals surface area contributed by atoms with Gasteiger partial charge in [-0.1, -0.05) is 31.2 Å². The summed E-state index contributed by atoms with van der Waals surface area (Å²) in [6.45, 7) is 5.10. The monoisotopic (exact) mass is 333 g/mol. The maximum absolute atomic E-state index is 11.1. The molecule has 0 aliphatic rings. The lowest BCUT2D eigenvalue weighted by Gasteiger charge is -2.13. The van der Waals surface area contributed by atoms with Crippen LogP contribution in [0.4, 0.5) is 0 Å². The van der Waals surface area contributed by atoms with E-state index in [4.69, 9.17) is 4.84 Å². The summed E-state index contributed by atoms with van der Waals surface area (Å²) in [5.41, 5.74) is 1.88. The van der Waals surface area contributed by atoms with E-state index in [1.54, 1.807) is 10.2 Å². The van der Waals surface area contributed by atoms with Crippen LogP contribution in [-0.2, 0) is 11.4 Å². The van der Waals surface area contributed by atoms with Crippen LogP contribution in [0.1, 0.15) is 36.2 Å². The van der Waals surface area contributed by atoms with Crippen LogP contribution in [0.5, 0.6) is 0 Å². The average Bonchev–Trinajstić information content (AvgIpc) is 2.27. The van der Waals surface area contributed by atoms with Crippen molar-refractivity contribution in [2.75, 3.05) is 6.61 Å². The van der Waals surface area contributed by atoms with Gasteiger partial charge in [-0.2, -0.15) is 0 Å². The maximum Gasteiger partial charge on any atom is 0.159 e. The third-order valence-corrected chi connectivity index (χ3v) is 2.72. The van der Waals surface area contributed by atoms with Crippen LogP contribution in [-0.4, -0.2) is 15.7 Å². The molecule has 0 bridgehead atoms. The molecule has 0 atom stereocenters. The first-order valence-corrected chi connectivity index (χ1v) is 6.26. The summed E-state index contributed by atoms with van der Waals surface area (Å²) in [7, 11) is 0. The second-order valence-corrected chi connectivity index (χ2v) is 4.64. The van der Waals surface area contributed by atoms with E-state index in [-0.39, 0.29) is 5.78 Å². The lowest BCUT2D eigenvalue weighted by atomic mass is 10.1. The van der Waals surface area contributed by atoms with E-state index in [0.29, 0.717) is 0 Å². The molecule has 0 aliphatic carbocycles. The van der Waals surface area contributed by atoms with E-state index in [1.807, 2.05) is 24.3 Å². The number of halogens is 1. The zero-order valence-corrected chi connectivity index (χ0v) is 11.7. The van der Waals surface area contributed by atoms with Gasteiger partial charge in [0.05, 0.1) is 13.2 Å². The molecule has 0 amide bonds. The fourth-order valence-corrected chi connectivity index (χ4v) is 1.82. The minimum atomic E-state index is 0.0973. The molecule has 1 rings (SSSR count). The number of carbonyl (C=O) groups is 1. The van der Waals surface area contributed by atoms with E-state index in [9.17, 15) is 4.79 Å². The Labute approximate surface area is 110 Å². The zero-order valence-electron chi connectivity index (χ0n) is 9.57. The average molecular weight is 333 g/mol. The van der Waals surface area contributed by atoms with E-state index in [1.165, 1.54) is 0 Å². The third-order valence-electron chi connectivity index (χ3n) is 2.10. The minimum absolute atomic E-state index is 0.0973. The number of ketones is 1. The van der Waals surface area contributed by atoms with Crippen molar-refractivity contribution in [1.82, 2.24) is 3.28 Å². The molecule has 0 saturated heterocycles. The SMILES string of the molecule is CCCON(I)Cc1ccc(C(C)=O)cc1. The van der Waals surface area contributed by atoms with E-state index in [2.05, 4.69) is 29.8 Å². The lowest BCUT2D eigenvalue weighted by Crippen LogP contribution is -2.12. The van der Waals surface area contributed by atoms with Gasteiger partial charge in [0, 0.05) is 28.4 Å². The molecule has 0 aliphatic heterocycles. The molecule has 1 aromatic rings. The van der Waals surface area contributed by atoms with Gasteiger partial charge in [0.25, 0.3) is 0 Å². The lowest BCUT2D eigenvalue weighted by molar-refractivity contribution is -0.0619. The Bertz CT molecular complexity index is 337. The third kappa shape index (κ3) is 4.59. The van der Waals surface area contributed by atoms with Gasteiger partial charge in [-0.25, -0.2) is 0 Å². The van der Waals surface area contributed by atoms with Crippen molar-refractivity contribution in [2.24, 2.45) is 0 Å². The molecule has 0 radical (unpaired) electrons. The molecule has 0 saturated carbocycles. The predicted molar refractivity (Wildman–Crippen MR) is 72.3 cm³/mol. The molecule has 0 aromatic heterocycles. The van der Waals surface area contributed by atoms with E-state index >= 15 is 0 Å². The molecule has 3 nitrogen and oxygen atoms in total. The van der Waals surface area contributed by atoms with Crippen LogP contribution < -0.4 is 0 Å². The van der Waals surface area contributed by atoms with Crippen molar-refractivity contribution < 1.29 is 9.63 Å². The number of rotatable bonds is 6. The highest BCUT2D eigenvalue weighted by Gasteiger charge is 2.03. The van der Waals surface area contributed by atoms with Gasteiger partial charge in [0.2, 0.25) is 0 Å². The maximum atomic E-state index is 11.1. The number of benzene rings is 1. The summed E-state index contributed by atoms with van der Waals surface area (Å²) in [4.78, 5) is 16.5. The van der Waals surface area contributed by atoms with E-state index in [0.717, 1.165) is 30.7 Å². The highest BCUT2D eigenvalue weighted by Crippen LogP contribution is 2.11. The van der Waals surface area contributed by atoms with Crippen molar-refractivity contribution in [3.8, 4) is 0 Å². The van der Waals surface area contributed by atoms with E-state index < -0.39 is 0 Å². The van der Waals surface area contributed by atoms with Crippen LogP contribution in [0, 0.1) is 0 Å². The standard InChI is InChI=1S/C12H16INO2/c1-3-8-16-14(13)9-11-4-6-12(7-5-11)10(2)15/h4-7H,3,8-9H2,1-2H3. The van der Waals surface area contributed by atoms with Crippen LogP contribution in [0.15, 0.2) is 24.3 Å². The molecule has 16 heavy (non-hydrogen) atoms. The normalized spacial score (nSPS) is 10.8. The predicted octanol–water partition coefficient (Wildman–Crippen LogP) is 3.38. The van der Waals surface area contributed by atoms with Gasteiger partial charge in [-0.15, -0.1) is 3.28 Å². The van der Waals surface area contributed by atoms with Gasteiger partial charge in [0.1, 0.15) is 0 Å². The van der Waals surface area contributed by atoms with Gasteiger partial charge in [-0.05, 0) is 18.9 Å². The first-order chi connectivity index (χ1) is 7.63. The number of hydroxylamine groups is 1. The summed E-state index contributed by atoms with van der Waals surface area (Å²) < 4.78 is 1.78. The number of hydrogen-bond donors (Lipinski definition) is 0. The Morgan fingerprint density at radius 1 is 1.38 bits per heavy atom. The molecule has 4 heteroatoms. The van der Waals surface area contributed by atoms with Crippen LogP contribution in [0.2, 0.25) is 0 Å². The highest BCUT2D eigenvalue weighted by molar-refractivity contribution is 14.1. The number of carbonyl (C=O) groups excluding carboxylic acids is 1. The van der Waals surface area contributed by atoms with Crippen molar-refractivity contribution in [1.29, 1.82) is 0 Å². The summed E-state index contributed by atoms with van der Waals surface area (Å²) in [6, 6.07) is 7.61. The van der Waals surface area contributed by atoms with Crippen molar-refractivity contribution in [2.45, 2.75) is 26.8 Å². The van der Waals surface area contributed by atoms with Crippen LogP contribution in [0.3, 0.4) is 0 Å². The fraction of sp³-hybridized carbons (Fsp3) is 0.417. The van der Waals surface area contributed by atoms with Crippen molar-refractivity contribution >= 4 is 28.6 Å². The largest absolute Gasteiger partial charge is 0.295 e. The summed E-state index contributed by atoms with van der Waals surface area (Å²) in [5.74, 6) is 0.0973. The second-order valence-electron chi connectivity index (χ2n) is 3.56. The molecule has 1 aromatic carbocycles. The Kier molecular flexibility index (Phi) is 5.94. The Hall–Kier alpha value is -0.460. The highest BCUT2D eigenvalue weighted by atomic mass is 127. The molecule has 0 unspecified atom stereocenters. The fourth-order valence-electron chi connectivity index (χ4n) is 1.22. The smallest absolute Gasteiger partial charge is 0.159 e. The molecule has 0 heterocycles. The molecular formula is C12H16INO2. The van der Waals surface area contributed by atoms with Crippen molar-refractivity contribution in [3.05, 3.63) is 35.4 Å². The van der Waals surface area contributed by atoms with Gasteiger partial charge in [0.15, 0.2) is 5.78 Å². The summed E-state index contributed by atoms with van der Waals surface area (Å²) in [6.07, 6.45) is 1.00. The number of hydrogen-bond acceptors (Lipinski definition) is 3. The first-order valence-electron chi connectivity index (χ1n) is 5.29.